The number of aryl methyl sites for hydroxylation is 2. The predicted octanol–water partition coefficient (Wildman–Crippen LogP) is 3.81. The van der Waals surface area contributed by atoms with Gasteiger partial charge in [0, 0.05) is 41.7 Å². The normalized spacial score (nSPS) is 14.5. The van der Waals surface area contributed by atoms with Gasteiger partial charge in [-0.15, -0.1) is 0 Å². The second-order valence-electron chi connectivity index (χ2n) is 7.73. The molecular weight excluding hydrogens is 430 g/mol. The molecule has 0 saturated carbocycles. The molecule has 2 heterocycles. The summed E-state index contributed by atoms with van der Waals surface area (Å²) in [5.41, 5.74) is 4.14. The highest BCUT2D eigenvalue weighted by Crippen LogP contribution is 2.41. The van der Waals surface area contributed by atoms with Gasteiger partial charge in [-0.3, -0.25) is 9.48 Å². The van der Waals surface area contributed by atoms with Crippen LogP contribution in [0.1, 0.15) is 28.0 Å². The Hall–Kier alpha value is -3.32. The van der Waals surface area contributed by atoms with Crippen LogP contribution in [-0.2, 0) is 22.5 Å². The van der Waals surface area contributed by atoms with Crippen LogP contribution in [0.25, 0.3) is 11.1 Å². The lowest BCUT2D eigenvalue weighted by Crippen LogP contribution is -2.34. The molecule has 1 unspecified atom stereocenters. The van der Waals surface area contributed by atoms with Crippen molar-refractivity contribution in [2.24, 2.45) is 0 Å². The highest BCUT2D eigenvalue weighted by molar-refractivity contribution is 6.31. The van der Waals surface area contributed by atoms with E-state index in [4.69, 9.17) is 21.1 Å². The first kappa shape index (κ1) is 21.9. The number of ether oxygens (including phenoxy) is 2. The van der Waals surface area contributed by atoms with Gasteiger partial charge in [0.1, 0.15) is 11.9 Å². The number of methoxy groups -OCH3 is 1. The quantitative estimate of drug-likeness (QED) is 0.550. The summed E-state index contributed by atoms with van der Waals surface area (Å²) < 4.78 is 12.7. The Kier molecular flexibility index (Phi) is 6.46. The first-order valence-corrected chi connectivity index (χ1v) is 10.8. The summed E-state index contributed by atoms with van der Waals surface area (Å²) in [6.45, 7) is 2.86. The Bertz CT molecular complexity index is 1140. The SMILES string of the molecule is COC(=O)c1ccc(-c2cc(Cl)cc3c2OC(CNC(=O)CCn2ccc(C)n2)C3)cc1. The minimum Gasteiger partial charge on any atom is -0.487 e. The lowest BCUT2D eigenvalue weighted by molar-refractivity contribution is -0.121. The second kappa shape index (κ2) is 9.44. The molecule has 1 amide bonds. The number of amides is 1. The molecule has 1 N–H and O–H groups in total. The lowest BCUT2D eigenvalue weighted by atomic mass is 9.99. The second-order valence-corrected chi connectivity index (χ2v) is 8.17. The highest BCUT2D eigenvalue weighted by atomic mass is 35.5. The summed E-state index contributed by atoms with van der Waals surface area (Å²) in [4.78, 5) is 23.9. The zero-order chi connectivity index (χ0) is 22.7. The number of benzene rings is 2. The maximum absolute atomic E-state index is 12.2. The average molecular weight is 454 g/mol. The Balaban J connectivity index is 1.39. The fourth-order valence-corrected chi connectivity index (χ4v) is 3.99. The lowest BCUT2D eigenvalue weighted by Gasteiger charge is -2.14. The van der Waals surface area contributed by atoms with Gasteiger partial charge in [-0.1, -0.05) is 23.7 Å². The molecule has 0 spiro atoms. The first-order valence-electron chi connectivity index (χ1n) is 10.4. The van der Waals surface area contributed by atoms with E-state index in [1.165, 1.54) is 7.11 Å². The summed E-state index contributed by atoms with van der Waals surface area (Å²) in [6, 6.07) is 12.8. The average Bonchev–Trinajstić information content (AvgIpc) is 3.40. The van der Waals surface area contributed by atoms with Crippen molar-refractivity contribution in [3.05, 3.63) is 70.5 Å². The van der Waals surface area contributed by atoms with Crippen molar-refractivity contribution in [2.45, 2.75) is 32.4 Å². The molecule has 166 valence electrons. The largest absolute Gasteiger partial charge is 0.487 e. The van der Waals surface area contributed by atoms with E-state index in [0.717, 1.165) is 28.1 Å². The molecule has 2 aromatic carbocycles. The number of hydrogen-bond acceptors (Lipinski definition) is 5. The maximum Gasteiger partial charge on any atom is 0.337 e. The minimum absolute atomic E-state index is 0.0469. The number of rotatable bonds is 7. The van der Waals surface area contributed by atoms with Crippen molar-refractivity contribution in [1.82, 2.24) is 15.1 Å². The zero-order valence-corrected chi connectivity index (χ0v) is 18.7. The third kappa shape index (κ3) is 4.94. The number of carbonyl (C=O) groups excluding carboxylic acids is 2. The van der Waals surface area contributed by atoms with Gasteiger partial charge in [-0.2, -0.15) is 5.10 Å². The highest BCUT2D eigenvalue weighted by Gasteiger charge is 2.27. The van der Waals surface area contributed by atoms with Crippen LogP contribution >= 0.6 is 11.6 Å². The van der Waals surface area contributed by atoms with Gasteiger partial charge in [0.05, 0.1) is 24.9 Å². The molecule has 7 nitrogen and oxygen atoms in total. The summed E-state index contributed by atoms with van der Waals surface area (Å²) in [5, 5.41) is 7.84. The monoisotopic (exact) mass is 453 g/mol. The van der Waals surface area contributed by atoms with Crippen LogP contribution in [-0.4, -0.2) is 41.4 Å². The van der Waals surface area contributed by atoms with Gasteiger partial charge in [0.15, 0.2) is 0 Å². The zero-order valence-electron chi connectivity index (χ0n) is 17.9. The van der Waals surface area contributed by atoms with E-state index in [2.05, 4.69) is 10.4 Å². The van der Waals surface area contributed by atoms with Crippen LogP contribution in [0.4, 0.5) is 0 Å². The molecule has 1 aliphatic heterocycles. The fourth-order valence-electron chi connectivity index (χ4n) is 3.75. The van der Waals surface area contributed by atoms with Crippen LogP contribution in [0.15, 0.2) is 48.7 Å². The van der Waals surface area contributed by atoms with Gasteiger partial charge >= 0.3 is 5.97 Å². The number of esters is 1. The van der Waals surface area contributed by atoms with Gasteiger partial charge in [-0.05, 0) is 42.8 Å². The van der Waals surface area contributed by atoms with Gasteiger partial charge in [-0.25, -0.2) is 4.79 Å². The molecule has 32 heavy (non-hydrogen) atoms. The predicted molar refractivity (Wildman–Crippen MR) is 121 cm³/mol. The van der Waals surface area contributed by atoms with E-state index < -0.39 is 0 Å². The molecular formula is C24H24ClN3O4. The van der Waals surface area contributed by atoms with Crippen LogP contribution in [0.3, 0.4) is 0 Å². The van der Waals surface area contributed by atoms with Crippen molar-refractivity contribution in [2.75, 3.05) is 13.7 Å². The smallest absolute Gasteiger partial charge is 0.337 e. The molecule has 1 aromatic heterocycles. The number of halogens is 1. The van der Waals surface area contributed by atoms with Crippen molar-refractivity contribution in [1.29, 1.82) is 0 Å². The van der Waals surface area contributed by atoms with Crippen LogP contribution in [0.5, 0.6) is 5.75 Å². The summed E-state index contributed by atoms with van der Waals surface area (Å²) >= 11 is 6.35. The Labute approximate surface area is 191 Å². The van der Waals surface area contributed by atoms with Crippen molar-refractivity contribution >= 4 is 23.5 Å². The van der Waals surface area contributed by atoms with Crippen molar-refractivity contribution in [3.8, 4) is 16.9 Å². The minimum atomic E-state index is -0.386. The Morgan fingerprint density at radius 2 is 2.03 bits per heavy atom. The Morgan fingerprint density at radius 3 is 2.72 bits per heavy atom. The van der Waals surface area contributed by atoms with Gasteiger partial charge < -0.3 is 14.8 Å². The topological polar surface area (TPSA) is 82.5 Å². The van der Waals surface area contributed by atoms with Gasteiger partial charge in [0.2, 0.25) is 5.91 Å². The number of nitrogens with zero attached hydrogens (tertiary/aromatic N) is 2. The molecule has 0 aliphatic carbocycles. The van der Waals surface area contributed by atoms with E-state index in [9.17, 15) is 9.59 Å². The molecule has 0 saturated heterocycles. The molecule has 0 bridgehead atoms. The van der Waals surface area contributed by atoms with E-state index >= 15 is 0 Å². The first-order chi connectivity index (χ1) is 15.4. The molecule has 1 aliphatic rings. The third-order valence-electron chi connectivity index (χ3n) is 5.35. The number of hydrogen-bond donors (Lipinski definition) is 1. The summed E-state index contributed by atoms with van der Waals surface area (Å²) in [7, 11) is 1.35. The van der Waals surface area contributed by atoms with Crippen molar-refractivity contribution < 1.29 is 19.1 Å². The summed E-state index contributed by atoms with van der Waals surface area (Å²) in [6.07, 6.45) is 2.70. The molecule has 8 heteroatoms. The number of aromatic nitrogens is 2. The maximum atomic E-state index is 12.2. The number of fused-ring (bicyclic) bond motifs is 1. The van der Waals surface area contributed by atoms with E-state index in [-0.39, 0.29) is 18.0 Å². The molecule has 0 radical (unpaired) electrons. The standard InChI is InChI=1S/C24H24ClN3O4/c1-15-7-9-28(27-15)10-8-22(29)26-14-20-12-18-11-19(25)13-21(23(18)32-20)16-3-5-17(6-4-16)24(30)31-2/h3-7,9,11,13,20H,8,10,12,14H2,1-2H3,(H,26,29). The Morgan fingerprint density at radius 1 is 1.25 bits per heavy atom. The molecule has 0 fully saturated rings. The van der Waals surface area contributed by atoms with Crippen LogP contribution in [0, 0.1) is 6.92 Å². The van der Waals surface area contributed by atoms with E-state index in [1.807, 2.05) is 43.5 Å². The molecule has 1 atom stereocenters. The molecule has 4 rings (SSSR count). The van der Waals surface area contributed by atoms with Crippen LogP contribution in [0.2, 0.25) is 5.02 Å². The third-order valence-corrected chi connectivity index (χ3v) is 5.57. The number of carbonyl (C=O) groups is 2. The van der Waals surface area contributed by atoms with Crippen LogP contribution < -0.4 is 10.1 Å². The van der Waals surface area contributed by atoms with E-state index in [1.54, 1.807) is 16.8 Å². The van der Waals surface area contributed by atoms with Crippen molar-refractivity contribution in [3.63, 3.8) is 0 Å². The number of nitrogens with one attached hydrogen (secondary N) is 1. The van der Waals surface area contributed by atoms with E-state index in [0.29, 0.717) is 36.5 Å². The molecule has 3 aromatic rings. The van der Waals surface area contributed by atoms with Gasteiger partial charge in [0.25, 0.3) is 0 Å². The summed E-state index contributed by atoms with van der Waals surface area (Å²) in [5.74, 6) is 0.323. The fraction of sp³-hybridized carbons (Fsp3) is 0.292.